The first-order valence-electron chi connectivity index (χ1n) is 8.55. The largest absolute Gasteiger partial charge is 0.423 e. The molecule has 1 fully saturated rings. The van der Waals surface area contributed by atoms with Gasteiger partial charge in [0.15, 0.2) is 0 Å². The maximum Gasteiger partial charge on any atom is 0.343 e. The Hall–Kier alpha value is -3.21. The molecule has 0 spiro atoms. The van der Waals surface area contributed by atoms with Gasteiger partial charge < -0.3 is 4.74 Å². The van der Waals surface area contributed by atoms with Crippen molar-refractivity contribution in [2.24, 2.45) is 11.8 Å². The van der Waals surface area contributed by atoms with E-state index >= 15 is 0 Å². The number of anilines is 1. The summed E-state index contributed by atoms with van der Waals surface area (Å²) in [5.74, 6) is -1.14. The molecule has 26 heavy (non-hydrogen) atoms. The van der Waals surface area contributed by atoms with Crippen molar-refractivity contribution >= 4 is 23.5 Å². The van der Waals surface area contributed by atoms with Gasteiger partial charge in [0, 0.05) is 6.07 Å². The van der Waals surface area contributed by atoms with Crippen LogP contribution in [0.4, 0.5) is 5.69 Å². The molecule has 0 bridgehead atoms. The minimum Gasteiger partial charge on any atom is -0.423 e. The molecule has 0 radical (unpaired) electrons. The van der Waals surface area contributed by atoms with E-state index in [4.69, 9.17) is 4.74 Å². The number of rotatable bonds is 3. The highest BCUT2D eigenvalue weighted by Crippen LogP contribution is 2.38. The molecule has 1 aliphatic heterocycles. The van der Waals surface area contributed by atoms with Gasteiger partial charge >= 0.3 is 5.97 Å². The van der Waals surface area contributed by atoms with E-state index in [1.54, 1.807) is 48.5 Å². The highest BCUT2D eigenvalue weighted by atomic mass is 16.5. The lowest BCUT2D eigenvalue weighted by Gasteiger charge is -2.15. The zero-order valence-corrected chi connectivity index (χ0v) is 14.0. The number of esters is 1. The SMILES string of the molecule is O=C(Oc1cccc(N2C(=O)[C@@H]3CC=CC[C@H]3C2=O)c1)c1ccccc1. The predicted octanol–water partition coefficient (Wildman–Crippen LogP) is 3.36. The summed E-state index contributed by atoms with van der Waals surface area (Å²) in [7, 11) is 0. The first-order chi connectivity index (χ1) is 12.6. The fourth-order valence-electron chi connectivity index (χ4n) is 3.48. The molecule has 0 saturated carbocycles. The summed E-state index contributed by atoms with van der Waals surface area (Å²) in [6.07, 6.45) is 5.09. The first kappa shape index (κ1) is 16.3. The van der Waals surface area contributed by atoms with E-state index in [1.807, 2.05) is 18.2 Å². The molecule has 2 aromatic carbocycles. The number of benzene rings is 2. The molecule has 5 heteroatoms. The maximum atomic E-state index is 12.7. The Morgan fingerprint density at radius 3 is 2.19 bits per heavy atom. The summed E-state index contributed by atoms with van der Waals surface area (Å²) in [6.45, 7) is 0. The summed E-state index contributed by atoms with van der Waals surface area (Å²) < 4.78 is 5.39. The number of imide groups is 1. The molecular formula is C21H17NO4. The molecule has 0 N–H and O–H groups in total. The molecule has 1 heterocycles. The van der Waals surface area contributed by atoms with Crippen LogP contribution in [0.3, 0.4) is 0 Å². The van der Waals surface area contributed by atoms with Crippen LogP contribution in [0.1, 0.15) is 23.2 Å². The van der Waals surface area contributed by atoms with Gasteiger partial charge in [-0.1, -0.05) is 36.4 Å². The van der Waals surface area contributed by atoms with Crippen molar-refractivity contribution in [1.29, 1.82) is 0 Å². The van der Waals surface area contributed by atoms with E-state index in [2.05, 4.69) is 0 Å². The Morgan fingerprint density at radius 2 is 1.54 bits per heavy atom. The van der Waals surface area contributed by atoms with Crippen molar-refractivity contribution in [3.8, 4) is 5.75 Å². The summed E-state index contributed by atoms with van der Waals surface area (Å²) in [6, 6.07) is 15.2. The topological polar surface area (TPSA) is 63.7 Å². The lowest BCUT2D eigenvalue weighted by atomic mass is 9.85. The number of hydrogen-bond acceptors (Lipinski definition) is 4. The average Bonchev–Trinajstić information content (AvgIpc) is 2.94. The van der Waals surface area contributed by atoms with Crippen molar-refractivity contribution in [2.75, 3.05) is 4.90 Å². The van der Waals surface area contributed by atoms with E-state index < -0.39 is 5.97 Å². The normalized spacial score (nSPS) is 21.6. The van der Waals surface area contributed by atoms with E-state index in [1.165, 1.54) is 4.90 Å². The van der Waals surface area contributed by atoms with Gasteiger partial charge in [-0.15, -0.1) is 0 Å². The Balaban J connectivity index is 1.57. The van der Waals surface area contributed by atoms with Crippen LogP contribution in [0.5, 0.6) is 5.75 Å². The second-order valence-electron chi connectivity index (χ2n) is 6.42. The molecule has 1 aliphatic carbocycles. The van der Waals surface area contributed by atoms with E-state index in [0.29, 0.717) is 29.8 Å². The van der Waals surface area contributed by atoms with Crippen molar-refractivity contribution in [3.63, 3.8) is 0 Å². The Bertz CT molecular complexity index is 877. The highest BCUT2D eigenvalue weighted by Gasteiger charge is 2.47. The quantitative estimate of drug-likeness (QED) is 0.370. The monoisotopic (exact) mass is 347 g/mol. The summed E-state index contributed by atoms with van der Waals surface area (Å²) >= 11 is 0. The van der Waals surface area contributed by atoms with E-state index in [9.17, 15) is 14.4 Å². The standard InChI is InChI=1S/C21H17NO4/c23-19-17-11-4-5-12-18(17)20(24)22(19)15-9-6-10-16(13-15)26-21(25)14-7-2-1-3-8-14/h1-10,13,17-18H,11-12H2/t17-,18-/m1/s1. The van der Waals surface area contributed by atoms with Gasteiger partial charge in [-0.25, -0.2) is 9.69 Å². The zero-order valence-electron chi connectivity index (χ0n) is 14.0. The number of hydrogen-bond donors (Lipinski definition) is 0. The second-order valence-corrected chi connectivity index (χ2v) is 6.42. The number of carbonyl (C=O) groups excluding carboxylic acids is 3. The fourth-order valence-corrected chi connectivity index (χ4v) is 3.48. The number of amides is 2. The number of carbonyl (C=O) groups is 3. The van der Waals surface area contributed by atoms with Crippen LogP contribution in [-0.4, -0.2) is 17.8 Å². The zero-order chi connectivity index (χ0) is 18.1. The van der Waals surface area contributed by atoms with Crippen molar-refractivity contribution in [2.45, 2.75) is 12.8 Å². The lowest BCUT2D eigenvalue weighted by Crippen LogP contribution is -2.30. The third kappa shape index (κ3) is 2.81. The minimum absolute atomic E-state index is 0.184. The van der Waals surface area contributed by atoms with Crippen molar-refractivity contribution in [1.82, 2.24) is 0 Å². The van der Waals surface area contributed by atoms with Crippen LogP contribution in [0.2, 0.25) is 0 Å². The number of ether oxygens (including phenoxy) is 1. The third-order valence-electron chi connectivity index (χ3n) is 4.80. The van der Waals surface area contributed by atoms with Crippen LogP contribution in [-0.2, 0) is 9.59 Å². The molecule has 0 aromatic heterocycles. The maximum absolute atomic E-state index is 12.7. The minimum atomic E-state index is -0.486. The average molecular weight is 347 g/mol. The molecule has 2 aromatic rings. The van der Waals surface area contributed by atoms with Gasteiger partial charge in [-0.3, -0.25) is 9.59 Å². The molecule has 1 saturated heterocycles. The highest BCUT2D eigenvalue weighted by molar-refractivity contribution is 6.22. The van der Waals surface area contributed by atoms with Crippen LogP contribution < -0.4 is 9.64 Å². The van der Waals surface area contributed by atoms with Crippen LogP contribution in [0, 0.1) is 11.8 Å². The van der Waals surface area contributed by atoms with Crippen LogP contribution in [0.15, 0.2) is 66.7 Å². The van der Waals surface area contributed by atoms with Crippen LogP contribution in [0.25, 0.3) is 0 Å². The third-order valence-corrected chi connectivity index (χ3v) is 4.80. The Labute approximate surface area is 150 Å². The lowest BCUT2D eigenvalue weighted by molar-refractivity contribution is -0.122. The molecular weight excluding hydrogens is 330 g/mol. The fraction of sp³-hybridized carbons (Fsp3) is 0.190. The summed E-state index contributed by atoms with van der Waals surface area (Å²) in [5.41, 5.74) is 0.871. The van der Waals surface area contributed by atoms with Crippen molar-refractivity contribution < 1.29 is 19.1 Å². The Kier molecular flexibility index (Phi) is 4.13. The summed E-state index contributed by atoms with van der Waals surface area (Å²) in [5, 5.41) is 0. The summed E-state index contributed by atoms with van der Waals surface area (Å²) in [4.78, 5) is 38.8. The van der Waals surface area contributed by atoms with Crippen molar-refractivity contribution in [3.05, 3.63) is 72.3 Å². The van der Waals surface area contributed by atoms with Gasteiger partial charge in [0.1, 0.15) is 5.75 Å². The first-order valence-corrected chi connectivity index (χ1v) is 8.55. The number of nitrogens with zero attached hydrogens (tertiary/aromatic N) is 1. The molecule has 0 unspecified atom stereocenters. The van der Waals surface area contributed by atoms with Crippen LogP contribution >= 0.6 is 0 Å². The molecule has 5 nitrogen and oxygen atoms in total. The number of fused-ring (bicyclic) bond motifs is 1. The molecule has 2 atom stereocenters. The van der Waals surface area contributed by atoms with E-state index in [-0.39, 0.29) is 23.7 Å². The number of allylic oxidation sites excluding steroid dienone is 2. The van der Waals surface area contributed by atoms with Gasteiger partial charge in [0.25, 0.3) is 0 Å². The van der Waals surface area contributed by atoms with Gasteiger partial charge in [-0.2, -0.15) is 0 Å². The molecule has 130 valence electrons. The Morgan fingerprint density at radius 1 is 0.885 bits per heavy atom. The molecule has 2 aliphatic rings. The second kappa shape index (κ2) is 6.59. The predicted molar refractivity (Wildman–Crippen MR) is 95.7 cm³/mol. The smallest absolute Gasteiger partial charge is 0.343 e. The molecule has 4 rings (SSSR count). The van der Waals surface area contributed by atoms with Gasteiger partial charge in [0.05, 0.1) is 23.1 Å². The molecule has 2 amide bonds. The van der Waals surface area contributed by atoms with Gasteiger partial charge in [-0.05, 0) is 37.1 Å². The van der Waals surface area contributed by atoms with E-state index in [0.717, 1.165) is 0 Å². The van der Waals surface area contributed by atoms with Gasteiger partial charge in [0.2, 0.25) is 11.8 Å².